The van der Waals surface area contributed by atoms with Crippen LogP contribution in [0.25, 0.3) is 0 Å². The summed E-state index contributed by atoms with van der Waals surface area (Å²) in [6.45, 7) is 1.97. The Bertz CT molecular complexity index is 234. The zero-order valence-electron chi connectivity index (χ0n) is 7.56. The van der Waals surface area contributed by atoms with Gasteiger partial charge in [0.05, 0.1) is 6.10 Å². The highest BCUT2D eigenvalue weighted by Crippen LogP contribution is 2.02. The molecule has 68 valence electrons. The lowest BCUT2D eigenvalue weighted by atomic mass is 10.1. The molecular formula is C8H15N3O. The molecule has 4 heteroatoms. The van der Waals surface area contributed by atoms with E-state index in [4.69, 9.17) is 0 Å². The Morgan fingerprint density at radius 1 is 1.67 bits per heavy atom. The molecule has 0 aromatic carbocycles. The summed E-state index contributed by atoms with van der Waals surface area (Å²) < 4.78 is 1.74. The molecule has 1 N–H and O–H groups in total. The average Bonchev–Trinajstić information content (AvgIpc) is 2.47. The van der Waals surface area contributed by atoms with E-state index in [-0.39, 0.29) is 6.10 Å². The minimum atomic E-state index is -0.207. The molecule has 0 fully saturated rings. The van der Waals surface area contributed by atoms with Crippen molar-refractivity contribution in [2.24, 2.45) is 7.05 Å². The molecule has 0 aliphatic rings. The molecule has 1 atom stereocenters. The van der Waals surface area contributed by atoms with Gasteiger partial charge in [0, 0.05) is 13.5 Å². The van der Waals surface area contributed by atoms with Gasteiger partial charge in [-0.25, -0.2) is 4.98 Å². The van der Waals surface area contributed by atoms with E-state index in [2.05, 4.69) is 10.1 Å². The molecule has 0 bridgehead atoms. The SMILES string of the molecule is CCC(O)CCc1ncnn1C. The van der Waals surface area contributed by atoms with E-state index in [1.165, 1.54) is 6.33 Å². The summed E-state index contributed by atoms with van der Waals surface area (Å²) in [5.74, 6) is 0.933. The summed E-state index contributed by atoms with van der Waals surface area (Å²) in [4.78, 5) is 4.06. The van der Waals surface area contributed by atoms with E-state index in [9.17, 15) is 5.11 Å². The van der Waals surface area contributed by atoms with E-state index < -0.39 is 0 Å². The Morgan fingerprint density at radius 3 is 2.92 bits per heavy atom. The summed E-state index contributed by atoms with van der Waals surface area (Å²) in [7, 11) is 1.86. The second-order valence-corrected chi connectivity index (χ2v) is 2.90. The van der Waals surface area contributed by atoms with E-state index >= 15 is 0 Å². The quantitative estimate of drug-likeness (QED) is 0.714. The number of aliphatic hydroxyl groups is 1. The Hall–Kier alpha value is -0.900. The standard InChI is InChI=1S/C8H15N3O/c1-3-7(12)4-5-8-9-6-10-11(8)2/h6-7,12H,3-5H2,1-2H3. The first kappa shape index (κ1) is 9.19. The lowest BCUT2D eigenvalue weighted by Crippen LogP contribution is -2.08. The third-order valence-corrected chi connectivity index (χ3v) is 1.98. The molecule has 0 aliphatic carbocycles. The zero-order chi connectivity index (χ0) is 8.97. The smallest absolute Gasteiger partial charge is 0.138 e. The van der Waals surface area contributed by atoms with E-state index in [1.807, 2.05) is 14.0 Å². The fourth-order valence-corrected chi connectivity index (χ4v) is 1.05. The highest BCUT2D eigenvalue weighted by molar-refractivity contribution is 4.83. The second kappa shape index (κ2) is 4.21. The molecule has 0 spiro atoms. The van der Waals surface area contributed by atoms with Crippen LogP contribution in [0, 0.1) is 0 Å². The van der Waals surface area contributed by atoms with Crippen LogP contribution in [0.1, 0.15) is 25.6 Å². The molecule has 4 nitrogen and oxygen atoms in total. The number of aromatic nitrogens is 3. The normalized spacial score (nSPS) is 13.2. The molecule has 1 aromatic rings. The van der Waals surface area contributed by atoms with Gasteiger partial charge in [-0.1, -0.05) is 6.92 Å². The molecule has 1 rings (SSSR count). The van der Waals surface area contributed by atoms with Crippen LogP contribution in [0.4, 0.5) is 0 Å². The molecule has 0 aliphatic heterocycles. The lowest BCUT2D eigenvalue weighted by Gasteiger charge is -2.05. The third kappa shape index (κ3) is 2.30. The van der Waals surface area contributed by atoms with E-state index in [0.29, 0.717) is 0 Å². The fourth-order valence-electron chi connectivity index (χ4n) is 1.05. The number of nitrogens with zero attached hydrogens (tertiary/aromatic N) is 3. The van der Waals surface area contributed by atoms with Crippen LogP contribution in [0.2, 0.25) is 0 Å². The van der Waals surface area contributed by atoms with Crippen LogP contribution in [0.15, 0.2) is 6.33 Å². The van der Waals surface area contributed by atoms with Crippen LogP contribution in [-0.2, 0) is 13.5 Å². The topological polar surface area (TPSA) is 50.9 Å². The summed E-state index contributed by atoms with van der Waals surface area (Å²) in [6, 6.07) is 0. The van der Waals surface area contributed by atoms with Gasteiger partial charge >= 0.3 is 0 Å². The van der Waals surface area contributed by atoms with Gasteiger partial charge in [0.2, 0.25) is 0 Å². The molecule has 12 heavy (non-hydrogen) atoms. The largest absolute Gasteiger partial charge is 0.393 e. The van der Waals surface area contributed by atoms with Crippen molar-refractivity contribution < 1.29 is 5.11 Å². The highest BCUT2D eigenvalue weighted by Gasteiger charge is 2.04. The minimum Gasteiger partial charge on any atom is -0.393 e. The van der Waals surface area contributed by atoms with Crippen molar-refractivity contribution in [2.45, 2.75) is 32.3 Å². The highest BCUT2D eigenvalue weighted by atomic mass is 16.3. The van der Waals surface area contributed by atoms with Crippen molar-refractivity contribution in [3.63, 3.8) is 0 Å². The molecule has 0 saturated heterocycles. The predicted octanol–water partition coefficient (Wildman–Crippen LogP) is 0.519. The van der Waals surface area contributed by atoms with Crippen LogP contribution >= 0.6 is 0 Å². The predicted molar refractivity (Wildman–Crippen MR) is 45.6 cm³/mol. The fraction of sp³-hybridized carbons (Fsp3) is 0.750. The van der Waals surface area contributed by atoms with Crippen LogP contribution in [0.5, 0.6) is 0 Å². The average molecular weight is 169 g/mol. The van der Waals surface area contributed by atoms with Crippen molar-refractivity contribution in [3.8, 4) is 0 Å². The molecule has 1 unspecified atom stereocenters. The van der Waals surface area contributed by atoms with Gasteiger partial charge in [-0.3, -0.25) is 4.68 Å². The number of aliphatic hydroxyl groups excluding tert-OH is 1. The van der Waals surface area contributed by atoms with Crippen LogP contribution in [0.3, 0.4) is 0 Å². The third-order valence-electron chi connectivity index (χ3n) is 1.98. The monoisotopic (exact) mass is 169 g/mol. The van der Waals surface area contributed by atoms with Gasteiger partial charge in [0.15, 0.2) is 0 Å². The van der Waals surface area contributed by atoms with E-state index in [1.54, 1.807) is 4.68 Å². The Kier molecular flexibility index (Phi) is 3.22. The van der Waals surface area contributed by atoms with Gasteiger partial charge in [-0.2, -0.15) is 5.10 Å². The van der Waals surface area contributed by atoms with Gasteiger partial charge in [-0.05, 0) is 12.8 Å². The minimum absolute atomic E-state index is 0.207. The molecule has 0 amide bonds. The van der Waals surface area contributed by atoms with Crippen molar-refractivity contribution in [1.29, 1.82) is 0 Å². The van der Waals surface area contributed by atoms with Crippen LogP contribution < -0.4 is 0 Å². The maximum Gasteiger partial charge on any atom is 0.138 e. The number of hydrogen-bond acceptors (Lipinski definition) is 3. The Morgan fingerprint density at radius 2 is 2.42 bits per heavy atom. The van der Waals surface area contributed by atoms with Gasteiger partial charge in [0.25, 0.3) is 0 Å². The maximum absolute atomic E-state index is 9.29. The number of hydrogen-bond donors (Lipinski definition) is 1. The molecular weight excluding hydrogens is 154 g/mol. The van der Waals surface area contributed by atoms with Gasteiger partial charge in [-0.15, -0.1) is 0 Å². The van der Waals surface area contributed by atoms with Crippen molar-refractivity contribution in [3.05, 3.63) is 12.2 Å². The first-order valence-corrected chi connectivity index (χ1v) is 4.25. The summed E-state index contributed by atoms with van der Waals surface area (Å²) in [5.41, 5.74) is 0. The van der Waals surface area contributed by atoms with Gasteiger partial charge in [0.1, 0.15) is 12.2 Å². The van der Waals surface area contributed by atoms with Gasteiger partial charge < -0.3 is 5.11 Å². The summed E-state index contributed by atoms with van der Waals surface area (Å²) in [5, 5.41) is 13.2. The van der Waals surface area contributed by atoms with Crippen LogP contribution in [-0.4, -0.2) is 26.0 Å². The van der Waals surface area contributed by atoms with Crippen molar-refractivity contribution in [1.82, 2.24) is 14.8 Å². The van der Waals surface area contributed by atoms with Crippen molar-refractivity contribution >= 4 is 0 Å². The Labute approximate surface area is 72.2 Å². The first-order chi connectivity index (χ1) is 5.74. The molecule has 1 aromatic heterocycles. The number of rotatable bonds is 4. The second-order valence-electron chi connectivity index (χ2n) is 2.90. The Balaban J connectivity index is 2.38. The lowest BCUT2D eigenvalue weighted by molar-refractivity contribution is 0.159. The number of aryl methyl sites for hydroxylation is 2. The zero-order valence-corrected chi connectivity index (χ0v) is 7.56. The molecule has 0 saturated carbocycles. The molecule has 1 heterocycles. The van der Waals surface area contributed by atoms with Crippen molar-refractivity contribution in [2.75, 3.05) is 0 Å². The maximum atomic E-state index is 9.29. The molecule has 0 radical (unpaired) electrons. The van der Waals surface area contributed by atoms with E-state index in [0.717, 1.165) is 25.1 Å². The summed E-state index contributed by atoms with van der Waals surface area (Å²) in [6.07, 6.45) is 3.70. The first-order valence-electron chi connectivity index (χ1n) is 4.25. The summed E-state index contributed by atoms with van der Waals surface area (Å²) >= 11 is 0.